The molecule has 0 spiro atoms. The molecule has 0 saturated carbocycles. The number of aromatic amines is 1. The van der Waals surface area contributed by atoms with Crippen molar-refractivity contribution < 1.29 is 9.32 Å². The number of carbonyl (C=O) groups is 1. The first-order valence-corrected chi connectivity index (χ1v) is 7.58. The lowest BCUT2D eigenvalue weighted by Crippen LogP contribution is -2.26. The standard InChI is InChI=1S/C17H18N4O3/c1-17(2,3)16-20-13(21-24-16)9-18-15(23)12-8-10-6-4-5-7-11(10)14(22)19-12/h4-8H,9H2,1-3H3,(H,18,23)(H,19,22). The third-order valence-corrected chi connectivity index (χ3v) is 3.51. The lowest BCUT2D eigenvalue weighted by atomic mass is 9.97. The monoisotopic (exact) mass is 326 g/mol. The minimum absolute atomic E-state index is 0.118. The molecule has 7 nitrogen and oxygen atoms in total. The lowest BCUT2D eigenvalue weighted by Gasteiger charge is -2.10. The molecule has 2 N–H and O–H groups in total. The first kappa shape index (κ1) is 15.9. The zero-order chi connectivity index (χ0) is 17.3. The van der Waals surface area contributed by atoms with Crippen molar-refractivity contribution in [1.82, 2.24) is 20.4 Å². The average Bonchev–Trinajstić information content (AvgIpc) is 3.02. The van der Waals surface area contributed by atoms with Crippen LogP contribution in [0, 0.1) is 0 Å². The van der Waals surface area contributed by atoms with Gasteiger partial charge in [-0.05, 0) is 17.5 Å². The average molecular weight is 326 g/mol. The minimum atomic E-state index is -0.403. The number of pyridine rings is 1. The fourth-order valence-electron chi connectivity index (χ4n) is 2.22. The Kier molecular flexibility index (Phi) is 3.92. The first-order valence-electron chi connectivity index (χ1n) is 7.58. The second-order valence-corrected chi connectivity index (χ2v) is 6.55. The molecule has 24 heavy (non-hydrogen) atoms. The van der Waals surface area contributed by atoms with Crippen LogP contribution in [0.15, 0.2) is 39.6 Å². The molecule has 0 atom stereocenters. The molecular formula is C17H18N4O3. The van der Waals surface area contributed by atoms with Gasteiger partial charge in [-0.2, -0.15) is 4.98 Å². The second-order valence-electron chi connectivity index (χ2n) is 6.55. The molecule has 0 saturated heterocycles. The van der Waals surface area contributed by atoms with Crippen LogP contribution < -0.4 is 10.9 Å². The molecule has 0 aliphatic rings. The molecule has 124 valence electrons. The number of amides is 1. The van der Waals surface area contributed by atoms with E-state index in [0.29, 0.717) is 22.5 Å². The van der Waals surface area contributed by atoms with Crippen molar-refractivity contribution in [1.29, 1.82) is 0 Å². The molecular weight excluding hydrogens is 308 g/mol. The molecule has 1 aromatic carbocycles. The summed E-state index contributed by atoms with van der Waals surface area (Å²) in [6, 6.07) is 8.74. The van der Waals surface area contributed by atoms with E-state index in [1.54, 1.807) is 24.3 Å². The van der Waals surface area contributed by atoms with E-state index in [2.05, 4.69) is 20.4 Å². The summed E-state index contributed by atoms with van der Waals surface area (Å²) in [5, 5.41) is 7.77. The van der Waals surface area contributed by atoms with Gasteiger partial charge in [0.15, 0.2) is 5.82 Å². The Bertz CT molecular complexity index is 950. The highest BCUT2D eigenvalue weighted by Gasteiger charge is 2.21. The Hall–Kier alpha value is -2.96. The molecule has 0 aliphatic heterocycles. The predicted octanol–water partition coefficient (Wildman–Crippen LogP) is 2.14. The fraction of sp³-hybridized carbons (Fsp3) is 0.294. The highest BCUT2D eigenvalue weighted by Crippen LogP contribution is 2.19. The zero-order valence-electron chi connectivity index (χ0n) is 13.7. The van der Waals surface area contributed by atoms with E-state index >= 15 is 0 Å². The zero-order valence-corrected chi connectivity index (χ0v) is 13.7. The summed E-state index contributed by atoms with van der Waals surface area (Å²) in [4.78, 5) is 31.1. The Balaban J connectivity index is 1.76. The van der Waals surface area contributed by atoms with Gasteiger partial charge in [-0.15, -0.1) is 0 Å². The van der Waals surface area contributed by atoms with Gasteiger partial charge in [-0.1, -0.05) is 44.1 Å². The van der Waals surface area contributed by atoms with Gasteiger partial charge in [0.2, 0.25) is 5.89 Å². The number of hydrogen-bond acceptors (Lipinski definition) is 5. The van der Waals surface area contributed by atoms with Crippen LogP contribution in [0.3, 0.4) is 0 Å². The van der Waals surface area contributed by atoms with Crippen LogP contribution in [-0.4, -0.2) is 21.0 Å². The molecule has 3 aromatic rings. The molecule has 2 heterocycles. The molecule has 7 heteroatoms. The van der Waals surface area contributed by atoms with Crippen molar-refractivity contribution in [2.45, 2.75) is 32.7 Å². The summed E-state index contributed by atoms with van der Waals surface area (Å²) < 4.78 is 5.17. The van der Waals surface area contributed by atoms with Crippen molar-refractivity contribution in [3.63, 3.8) is 0 Å². The van der Waals surface area contributed by atoms with Gasteiger partial charge in [-0.3, -0.25) is 9.59 Å². The number of nitrogens with one attached hydrogen (secondary N) is 2. The summed E-state index contributed by atoms with van der Waals surface area (Å²) in [6.45, 7) is 6.00. The van der Waals surface area contributed by atoms with Crippen molar-refractivity contribution in [2.24, 2.45) is 0 Å². The van der Waals surface area contributed by atoms with Gasteiger partial charge in [0.05, 0.1) is 6.54 Å². The number of hydrogen-bond donors (Lipinski definition) is 2. The molecule has 0 radical (unpaired) electrons. The molecule has 3 rings (SSSR count). The number of nitrogens with zero attached hydrogens (tertiary/aromatic N) is 2. The van der Waals surface area contributed by atoms with E-state index in [1.807, 2.05) is 26.8 Å². The molecule has 0 aliphatic carbocycles. The molecule has 0 fully saturated rings. The van der Waals surface area contributed by atoms with E-state index < -0.39 is 5.91 Å². The molecule has 2 aromatic heterocycles. The molecule has 1 amide bonds. The Labute approximate surface area is 138 Å². The number of carbonyl (C=O) groups excluding carboxylic acids is 1. The topological polar surface area (TPSA) is 101 Å². The smallest absolute Gasteiger partial charge is 0.268 e. The van der Waals surface area contributed by atoms with Crippen LogP contribution in [0.1, 0.15) is 43.0 Å². The van der Waals surface area contributed by atoms with Gasteiger partial charge < -0.3 is 14.8 Å². The third kappa shape index (κ3) is 3.19. The summed E-state index contributed by atoms with van der Waals surface area (Å²) in [5.41, 5.74) is -0.357. The summed E-state index contributed by atoms with van der Waals surface area (Å²) in [7, 11) is 0. The van der Waals surface area contributed by atoms with Gasteiger partial charge in [0.1, 0.15) is 5.69 Å². The highest BCUT2D eigenvalue weighted by molar-refractivity contribution is 5.96. The van der Waals surface area contributed by atoms with Gasteiger partial charge in [0, 0.05) is 10.8 Å². The number of rotatable bonds is 3. The van der Waals surface area contributed by atoms with Crippen LogP contribution in [0.4, 0.5) is 0 Å². The van der Waals surface area contributed by atoms with Crippen LogP contribution in [0.25, 0.3) is 10.8 Å². The SMILES string of the molecule is CC(C)(C)c1nc(CNC(=O)c2cc3ccccc3c(=O)[nH]2)no1. The maximum atomic E-state index is 12.3. The first-order chi connectivity index (χ1) is 11.3. The molecule has 0 unspecified atom stereocenters. The summed E-state index contributed by atoms with van der Waals surface area (Å²) in [6.07, 6.45) is 0. The third-order valence-electron chi connectivity index (χ3n) is 3.51. The van der Waals surface area contributed by atoms with Crippen molar-refractivity contribution in [3.8, 4) is 0 Å². The van der Waals surface area contributed by atoms with Gasteiger partial charge in [-0.25, -0.2) is 0 Å². The normalized spacial score (nSPS) is 11.6. The number of aromatic nitrogens is 3. The van der Waals surface area contributed by atoms with E-state index in [1.165, 1.54) is 0 Å². The van der Waals surface area contributed by atoms with E-state index in [4.69, 9.17) is 4.52 Å². The summed E-state index contributed by atoms with van der Waals surface area (Å²) >= 11 is 0. The van der Waals surface area contributed by atoms with E-state index in [0.717, 1.165) is 0 Å². The van der Waals surface area contributed by atoms with Crippen molar-refractivity contribution in [3.05, 3.63) is 58.1 Å². The lowest BCUT2D eigenvalue weighted by molar-refractivity contribution is 0.0944. The van der Waals surface area contributed by atoms with E-state index in [9.17, 15) is 9.59 Å². The van der Waals surface area contributed by atoms with Crippen LogP contribution in [0.2, 0.25) is 0 Å². The van der Waals surface area contributed by atoms with Gasteiger partial charge in [0.25, 0.3) is 11.5 Å². The minimum Gasteiger partial charge on any atom is -0.343 e. The highest BCUT2D eigenvalue weighted by atomic mass is 16.5. The van der Waals surface area contributed by atoms with Gasteiger partial charge >= 0.3 is 0 Å². The second kappa shape index (κ2) is 5.92. The summed E-state index contributed by atoms with van der Waals surface area (Å²) in [5.74, 6) is 0.488. The van der Waals surface area contributed by atoms with Crippen molar-refractivity contribution >= 4 is 16.7 Å². The Morgan fingerprint density at radius 3 is 2.75 bits per heavy atom. The largest absolute Gasteiger partial charge is 0.343 e. The molecule has 0 bridgehead atoms. The quantitative estimate of drug-likeness (QED) is 0.768. The van der Waals surface area contributed by atoms with E-state index in [-0.39, 0.29) is 23.2 Å². The predicted molar refractivity (Wildman–Crippen MR) is 88.7 cm³/mol. The number of benzene rings is 1. The van der Waals surface area contributed by atoms with Crippen LogP contribution in [0.5, 0.6) is 0 Å². The number of fused-ring (bicyclic) bond motifs is 1. The Morgan fingerprint density at radius 2 is 2.04 bits per heavy atom. The number of H-pyrrole nitrogens is 1. The maximum Gasteiger partial charge on any atom is 0.268 e. The Morgan fingerprint density at radius 1 is 1.29 bits per heavy atom. The van der Waals surface area contributed by atoms with Crippen LogP contribution in [-0.2, 0) is 12.0 Å². The maximum absolute atomic E-state index is 12.3. The van der Waals surface area contributed by atoms with Crippen LogP contribution >= 0.6 is 0 Å². The van der Waals surface area contributed by atoms with Crippen molar-refractivity contribution in [2.75, 3.05) is 0 Å². The fourth-order valence-corrected chi connectivity index (χ4v) is 2.22.